The summed E-state index contributed by atoms with van der Waals surface area (Å²) in [6, 6.07) is 6.34. The van der Waals surface area contributed by atoms with Gasteiger partial charge in [-0.3, -0.25) is 9.59 Å². The van der Waals surface area contributed by atoms with Gasteiger partial charge in [0.05, 0.1) is 12.7 Å². The van der Waals surface area contributed by atoms with Crippen molar-refractivity contribution >= 4 is 29.2 Å². The lowest BCUT2D eigenvalue weighted by Crippen LogP contribution is -2.49. The monoisotopic (exact) mass is 459 g/mol. The molecule has 172 valence electrons. The first-order chi connectivity index (χ1) is 15.3. The first-order valence-electron chi connectivity index (χ1n) is 10.8. The van der Waals surface area contributed by atoms with Crippen LogP contribution in [0.5, 0.6) is 5.75 Å². The number of rotatable bonds is 7. The highest BCUT2D eigenvalue weighted by Crippen LogP contribution is 2.25. The molecule has 1 aliphatic rings. The number of carbonyl (C=O) groups excluding carboxylic acids is 2. The number of carbonyl (C=O) groups is 2. The van der Waals surface area contributed by atoms with Crippen LogP contribution in [-0.2, 0) is 11.2 Å². The molecule has 0 unspecified atom stereocenters. The minimum absolute atomic E-state index is 0.0714. The lowest BCUT2D eigenvalue weighted by Gasteiger charge is -2.34. The molecule has 0 radical (unpaired) electrons. The molecule has 1 aliphatic heterocycles. The Hall–Kier alpha value is -2.87. The van der Waals surface area contributed by atoms with Crippen LogP contribution in [-0.4, -0.2) is 52.9 Å². The molecule has 9 heteroatoms. The number of likely N-dealkylation sites (tertiary alicyclic amines) is 1. The van der Waals surface area contributed by atoms with E-state index in [4.69, 9.17) is 22.1 Å². The molecule has 2 amide bonds. The molecule has 3 rings (SSSR count). The molecule has 2 heterocycles. The van der Waals surface area contributed by atoms with E-state index in [2.05, 4.69) is 15.3 Å². The summed E-state index contributed by atoms with van der Waals surface area (Å²) < 4.78 is 5.23. The first-order valence-corrected chi connectivity index (χ1v) is 11.2. The maximum atomic E-state index is 12.9. The van der Waals surface area contributed by atoms with E-state index in [-0.39, 0.29) is 17.1 Å². The summed E-state index contributed by atoms with van der Waals surface area (Å²) in [4.78, 5) is 35.5. The van der Waals surface area contributed by atoms with E-state index in [1.54, 1.807) is 31.2 Å². The normalized spacial score (nSPS) is 15.3. The van der Waals surface area contributed by atoms with Crippen molar-refractivity contribution in [3.05, 3.63) is 46.4 Å². The maximum Gasteiger partial charge on any atom is 0.255 e. The third-order valence-corrected chi connectivity index (χ3v) is 6.19. The maximum absolute atomic E-state index is 12.9. The molecule has 3 N–H and O–H groups in total. The summed E-state index contributed by atoms with van der Waals surface area (Å²) in [6.07, 6.45) is 3.57. The second kappa shape index (κ2) is 10.6. The van der Waals surface area contributed by atoms with Gasteiger partial charge in [-0.1, -0.05) is 12.1 Å². The van der Waals surface area contributed by atoms with Crippen LogP contribution >= 0.6 is 11.6 Å². The van der Waals surface area contributed by atoms with Crippen molar-refractivity contribution in [3.8, 4) is 5.75 Å². The standard InChI is InChI=1S/C23H30ClN5O3/c1-14-17(20(25)28-23(24)27-14)9-8-16-10-12-29(13-11-16)22(31)15(2)26-21(30)18-6-4-5-7-19(18)32-3/h4-7,15-16H,8-13H2,1-3H3,(H,26,30)(H2,25,27,28)/t15-/m0/s1. The van der Waals surface area contributed by atoms with E-state index in [1.807, 2.05) is 11.8 Å². The third-order valence-electron chi connectivity index (χ3n) is 6.02. The van der Waals surface area contributed by atoms with Gasteiger partial charge in [-0.05, 0) is 69.2 Å². The lowest BCUT2D eigenvalue weighted by atomic mass is 9.90. The summed E-state index contributed by atoms with van der Waals surface area (Å²) in [7, 11) is 1.51. The average Bonchev–Trinajstić information content (AvgIpc) is 2.78. The van der Waals surface area contributed by atoms with Crippen molar-refractivity contribution in [2.75, 3.05) is 25.9 Å². The summed E-state index contributed by atoms with van der Waals surface area (Å²) in [5, 5.41) is 2.96. The Labute approximate surface area is 193 Å². The van der Waals surface area contributed by atoms with Crippen LogP contribution < -0.4 is 15.8 Å². The van der Waals surface area contributed by atoms with Crippen molar-refractivity contribution in [2.24, 2.45) is 5.92 Å². The molecule has 0 aliphatic carbocycles. The topological polar surface area (TPSA) is 110 Å². The average molecular weight is 460 g/mol. The van der Waals surface area contributed by atoms with Crippen molar-refractivity contribution in [2.45, 2.75) is 45.6 Å². The Kier molecular flexibility index (Phi) is 7.90. The van der Waals surface area contributed by atoms with Crippen LogP contribution in [0.4, 0.5) is 5.82 Å². The van der Waals surface area contributed by atoms with Crippen LogP contribution in [0.2, 0.25) is 5.28 Å². The molecule has 1 saturated heterocycles. The number of para-hydroxylation sites is 1. The molecule has 0 saturated carbocycles. The molecule has 1 aromatic carbocycles. The molecule has 1 aromatic heterocycles. The molecule has 1 fully saturated rings. The number of methoxy groups -OCH3 is 1. The highest BCUT2D eigenvalue weighted by molar-refractivity contribution is 6.28. The summed E-state index contributed by atoms with van der Waals surface area (Å²) in [6.45, 7) is 4.95. The Balaban J connectivity index is 1.49. The van der Waals surface area contributed by atoms with Gasteiger partial charge in [0.25, 0.3) is 5.91 Å². The number of halogens is 1. The Morgan fingerprint density at radius 2 is 1.97 bits per heavy atom. The minimum atomic E-state index is -0.613. The van der Waals surface area contributed by atoms with Gasteiger partial charge >= 0.3 is 0 Å². The number of hydrogen-bond acceptors (Lipinski definition) is 6. The van der Waals surface area contributed by atoms with Crippen molar-refractivity contribution in [1.29, 1.82) is 0 Å². The number of benzene rings is 1. The highest BCUT2D eigenvalue weighted by atomic mass is 35.5. The van der Waals surface area contributed by atoms with Gasteiger partial charge in [0.15, 0.2) is 0 Å². The number of nitrogen functional groups attached to an aromatic ring is 1. The van der Waals surface area contributed by atoms with Crippen LogP contribution in [0.25, 0.3) is 0 Å². The number of nitrogens with two attached hydrogens (primary N) is 1. The molecular weight excluding hydrogens is 430 g/mol. The van der Waals surface area contributed by atoms with E-state index in [1.165, 1.54) is 7.11 Å². The fraction of sp³-hybridized carbons (Fsp3) is 0.478. The van der Waals surface area contributed by atoms with Crippen LogP contribution in [0.1, 0.15) is 47.8 Å². The van der Waals surface area contributed by atoms with Gasteiger partial charge in [-0.2, -0.15) is 0 Å². The van der Waals surface area contributed by atoms with Gasteiger partial charge in [-0.25, -0.2) is 9.97 Å². The molecule has 32 heavy (non-hydrogen) atoms. The molecule has 0 spiro atoms. The predicted octanol–water partition coefficient (Wildman–Crippen LogP) is 3.02. The number of amides is 2. The predicted molar refractivity (Wildman–Crippen MR) is 124 cm³/mol. The van der Waals surface area contributed by atoms with Gasteiger partial charge in [-0.15, -0.1) is 0 Å². The zero-order valence-electron chi connectivity index (χ0n) is 18.7. The van der Waals surface area contributed by atoms with Crippen molar-refractivity contribution < 1.29 is 14.3 Å². The SMILES string of the molecule is COc1ccccc1C(=O)N[C@@H](C)C(=O)N1CCC(CCc2c(C)nc(Cl)nc2N)CC1. The summed E-state index contributed by atoms with van der Waals surface area (Å²) in [5.74, 6) is 1.02. The molecule has 2 aromatic rings. The summed E-state index contributed by atoms with van der Waals surface area (Å²) >= 11 is 5.85. The number of piperidine rings is 1. The van der Waals surface area contributed by atoms with Gasteiger partial charge < -0.3 is 20.7 Å². The highest BCUT2D eigenvalue weighted by Gasteiger charge is 2.27. The van der Waals surface area contributed by atoms with Crippen LogP contribution in [0.15, 0.2) is 24.3 Å². The summed E-state index contributed by atoms with van der Waals surface area (Å²) in [5.41, 5.74) is 8.17. The zero-order chi connectivity index (χ0) is 23.3. The zero-order valence-corrected chi connectivity index (χ0v) is 19.5. The Morgan fingerprint density at radius 3 is 2.62 bits per heavy atom. The van der Waals surface area contributed by atoms with E-state index in [0.717, 1.165) is 36.9 Å². The number of ether oxygens (including phenoxy) is 1. The second-order valence-electron chi connectivity index (χ2n) is 8.14. The lowest BCUT2D eigenvalue weighted by molar-refractivity contribution is -0.134. The van der Waals surface area contributed by atoms with E-state index in [9.17, 15) is 9.59 Å². The number of nitrogens with one attached hydrogen (secondary N) is 1. The second-order valence-corrected chi connectivity index (χ2v) is 8.48. The third kappa shape index (κ3) is 5.68. The van der Waals surface area contributed by atoms with Crippen LogP contribution in [0, 0.1) is 12.8 Å². The molecule has 8 nitrogen and oxygen atoms in total. The molecule has 0 bridgehead atoms. The number of hydrogen-bond donors (Lipinski definition) is 2. The van der Waals surface area contributed by atoms with Gasteiger partial charge in [0, 0.05) is 24.3 Å². The van der Waals surface area contributed by atoms with Crippen molar-refractivity contribution in [3.63, 3.8) is 0 Å². The van der Waals surface area contributed by atoms with E-state index in [0.29, 0.717) is 36.1 Å². The molecular formula is C23H30ClN5O3. The Bertz CT molecular complexity index is 953. The number of aryl methyl sites for hydroxylation is 1. The fourth-order valence-corrected chi connectivity index (χ4v) is 4.34. The number of anilines is 1. The number of nitrogens with zero attached hydrogens (tertiary/aromatic N) is 3. The van der Waals surface area contributed by atoms with Gasteiger partial charge in [0.1, 0.15) is 17.6 Å². The quantitative estimate of drug-likeness (QED) is 0.616. The van der Waals surface area contributed by atoms with E-state index < -0.39 is 6.04 Å². The van der Waals surface area contributed by atoms with Crippen molar-refractivity contribution in [1.82, 2.24) is 20.2 Å². The Morgan fingerprint density at radius 1 is 1.28 bits per heavy atom. The van der Waals surface area contributed by atoms with Crippen LogP contribution in [0.3, 0.4) is 0 Å². The smallest absolute Gasteiger partial charge is 0.255 e. The minimum Gasteiger partial charge on any atom is -0.496 e. The van der Waals surface area contributed by atoms with Gasteiger partial charge in [0.2, 0.25) is 11.2 Å². The largest absolute Gasteiger partial charge is 0.496 e. The molecule has 1 atom stereocenters. The van der Waals surface area contributed by atoms with E-state index >= 15 is 0 Å². The fourth-order valence-electron chi connectivity index (χ4n) is 4.12. The number of aromatic nitrogens is 2. The first kappa shape index (κ1) is 23.8.